The van der Waals surface area contributed by atoms with Crippen molar-refractivity contribution in [3.63, 3.8) is 0 Å². The normalized spacial score (nSPS) is 11.6. The fourth-order valence-electron chi connectivity index (χ4n) is 1.78. The summed E-state index contributed by atoms with van der Waals surface area (Å²) in [5, 5.41) is 33.3. The van der Waals surface area contributed by atoms with Gasteiger partial charge in [0.15, 0.2) is 0 Å². The van der Waals surface area contributed by atoms with Crippen LogP contribution in [0.2, 0.25) is 0 Å². The minimum absolute atomic E-state index is 0.0182. The molecule has 4 N–H and O–H groups in total. The van der Waals surface area contributed by atoms with Crippen LogP contribution in [-0.2, 0) is 9.59 Å². The summed E-state index contributed by atoms with van der Waals surface area (Å²) in [5.41, 5.74) is -0.174. The highest BCUT2D eigenvalue weighted by molar-refractivity contribution is 5.95. The maximum atomic E-state index is 11.9. The van der Waals surface area contributed by atoms with Gasteiger partial charge in [-0.15, -0.1) is 0 Å². The number of carboxylic acid groups (broad SMARTS) is 1. The maximum absolute atomic E-state index is 11.9. The Balaban J connectivity index is 2.84. The third-order valence-corrected chi connectivity index (χ3v) is 2.86. The molecule has 126 valence electrons. The van der Waals surface area contributed by atoms with Crippen LogP contribution in [0.15, 0.2) is 18.2 Å². The van der Waals surface area contributed by atoms with Crippen LogP contribution in [0, 0.1) is 10.1 Å². The van der Waals surface area contributed by atoms with Gasteiger partial charge in [0, 0.05) is 18.7 Å². The number of benzene rings is 1. The zero-order chi connectivity index (χ0) is 17.4. The van der Waals surface area contributed by atoms with E-state index in [0.29, 0.717) is 0 Å². The fraction of sp³-hybridized carbons (Fsp3) is 0.385. The third-order valence-electron chi connectivity index (χ3n) is 2.86. The minimum Gasteiger partial charge on any atom is -0.495 e. The second kappa shape index (κ2) is 8.66. The van der Waals surface area contributed by atoms with E-state index >= 15 is 0 Å². The number of hydrogen-bond donors (Lipinski definition) is 4. The number of non-ortho nitro benzene ring substituents is 1. The molecule has 0 aliphatic heterocycles. The first-order chi connectivity index (χ1) is 10.9. The molecule has 0 spiro atoms. The lowest BCUT2D eigenvalue weighted by atomic mass is 10.2. The number of hydrogen-bond acceptors (Lipinski definition) is 7. The van der Waals surface area contributed by atoms with Crippen molar-refractivity contribution in [2.24, 2.45) is 0 Å². The van der Waals surface area contributed by atoms with Gasteiger partial charge in [-0.2, -0.15) is 0 Å². The average Bonchev–Trinajstić information content (AvgIpc) is 2.50. The van der Waals surface area contributed by atoms with E-state index in [9.17, 15) is 19.7 Å². The van der Waals surface area contributed by atoms with Crippen molar-refractivity contribution in [3.05, 3.63) is 28.3 Å². The number of nitro benzene ring substituents is 1. The smallest absolute Gasteiger partial charge is 0.321 e. The van der Waals surface area contributed by atoms with Crippen molar-refractivity contribution in [2.75, 3.05) is 25.6 Å². The van der Waals surface area contributed by atoms with Crippen molar-refractivity contribution in [1.29, 1.82) is 0 Å². The Kier molecular flexibility index (Phi) is 6.90. The number of carbonyl (C=O) groups is 2. The van der Waals surface area contributed by atoms with Gasteiger partial charge in [0.05, 0.1) is 30.7 Å². The van der Waals surface area contributed by atoms with E-state index < -0.39 is 29.3 Å². The van der Waals surface area contributed by atoms with Gasteiger partial charge in [-0.25, -0.2) is 0 Å². The monoisotopic (exact) mass is 327 g/mol. The number of aliphatic hydroxyl groups excluding tert-OH is 1. The Labute approximate surface area is 131 Å². The Bertz CT molecular complexity index is 591. The highest BCUT2D eigenvalue weighted by Crippen LogP contribution is 2.28. The molecule has 10 nitrogen and oxygen atoms in total. The third kappa shape index (κ3) is 5.52. The first kappa shape index (κ1) is 18.3. The number of amides is 1. The standard InChI is InChI=1S/C13H17N3O7/c1-23-11-3-2-8(16(21)22)6-9(11)15-12(18)7-10(13(19)20)14-4-5-17/h2-3,6,10,14,17H,4-5,7H2,1H3,(H,15,18)(H,19,20)/t10-/m1/s1. The molecule has 23 heavy (non-hydrogen) atoms. The van der Waals surface area contributed by atoms with Gasteiger partial charge in [-0.1, -0.05) is 0 Å². The molecule has 0 saturated carbocycles. The molecule has 0 radical (unpaired) electrons. The van der Waals surface area contributed by atoms with Gasteiger partial charge in [0.2, 0.25) is 5.91 Å². The first-order valence-corrected chi connectivity index (χ1v) is 6.58. The largest absolute Gasteiger partial charge is 0.495 e. The van der Waals surface area contributed by atoms with E-state index in [1.807, 2.05) is 0 Å². The number of methoxy groups -OCH3 is 1. The lowest BCUT2D eigenvalue weighted by molar-refractivity contribution is -0.384. The van der Waals surface area contributed by atoms with Crippen LogP contribution >= 0.6 is 0 Å². The van der Waals surface area contributed by atoms with E-state index in [1.54, 1.807) is 0 Å². The van der Waals surface area contributed by atoms with Crippen LogP contribution in [-0.4, -0.2) is 53.3 Å². The maximum Gasteiger partial charge on any atom is 0.321 e. The lowest BCUT2D eigenvalue weighted by Crippen LogP contribution is -2.41. The molecule has 1 rings (SSSR count). The molecule has 10 heteroatoms. The van der Waals surface area contributed by atoms with Crippen molar-refractivity contribution >= 4 is 23.3 Å². The predicted octanol–water partition coefficient (Wildman–Crippen LogP) is -0.0329. The minimum atomic E-state index is -1.25. The van der Waals surface area contributed by atoms with Crippen LogP contribution in [0.4, 0.5) is 11.4 Å². The number of aliphatic carboxylic acids is 1. The Hall–Kier alpha value is -2.72. The molecule has 0 unspecified atom stereocenters. The van der Waals surface area contributed by atoms with Gasteiger partial charge < -0.3 is 25.6 Å². The van der Waals surface area contributed by atoms with Crippen molar-refractivity contribution in [2.45, 2.75) is 12.5 Å². The van der Waals surface area contributed by atoms with Gasteiger partial charge in [-0.3, -0.25) is 19.7 Å². The summed E-state index contributed by atoms with van der Waals surface area (Å²) >= 11 is 0. The summed E-state index contributed by atoms with van der Waals surface area (Å²) in [6, 6.07) is 2.48. The average molecular weight is 327 g/mol. The molecule has 1 aromatic carbocycles. The number of ether oxygens (including phenoxy) is 1. The summed E-state index contributed by atoms with van der Waals surface area (Å²) in [6.45, 7) is -0.255. The summed E-state index contributed by atoms with van der Waals surface area (Å²) in [5.74, 6) is -1.71. The predicted molar refractivity (Wildman–Crippen MR) is 79.4 cm³/mol. The van der Waals surface area contributed by atoms with E-state index in [0.717, 1.165) is 6.07 Å². The highest BCUT2D eigenvalue weighted by Gasteiger charge is 2.21. The Morgan fingerprint density at radius 3 is 2.65 bits per heavy atom. The molecule has 1 atom stereocenters. The number of rotatable bonds is 9. The van der Waals surface area contributed by atoms with Crippen LogP contribution < -0.4 is 15.4 Å². The molecule has 0 bridgehead atoms. The van der Waals surface area contributed by atoms with E-state index in [1.165, 1.54) is 19.2 Å². The van der Waals surface area contributed by atoms with Crippen molar-refractivity contribution in [1.82, 2.24) is 5.32 Å². The van der Waals surface area contributed by atoms with Crippen molar-refractivity contribution < 1.29 is 29.5 Å². The summed E-state index contributed by atoms with van der Waals surface area (Å²) in [7, 11) is 1.33. The van der Waals surface area contributed by atoms with Crippen LogP contribution in [0.5, 0.6) is 5.75 Å². The van der Waals surface area contributed by atoms with Crippen molar-refractivity contribution in [3.8, 4) is 5.75 Å². The second-order valence-corrected chi connectivity index (χ2v) is 4.46. The zero-order valence-corrected chi connectivity index (χ0v) is 12.3. The molecular weight excluding hydrogens is 310 g/mol. The Morgan fingerprint density at radius 1 is 1.43 bits per heavy atom. The second-order valence-electron chi connectivity index (χ2n) is 4.46. The van der Waals surface area contributed by atoms with E-state index in [2.05, 4.69) is 10.6 Å². The molecule has 1 aromatic rings. The number of carboxylic acids is 1. The molecule has 1 amide bonds. The summed E-state index contributed by atoms with van der Waals surface area (Å²) in [4.78, 5) is 33.1. The molecule has 0 aliphatic rings. The summed E-state index contributed by atoms with van der Waals surface area (Å²) in [6.07, 6.45) is -0.415. The molecule has 0 fully saturated rings. The molecule has 0 aromatic heterocycles. The first-order valence-electron chi connectivity index (χ1n) is 6.58. The molecule has 0 heterocycles. The molecule has 0 saturated heterocycles. The highest BCUT2D eigenvalue weighted by atomic mass is 16.6. The quantitative estimate of drug-likeness (QED) is 0.364. The van der Waals surface area contributed by atoms with Gasteiger partial charge in [0.25, 0.3) is 5.69 Å². The topological polar surface area (TPSA) is 151 Å². The Morgan fingerprint density at radius 2 is 2.13 bits per heavy atom. The SMILES string of the molecule is COc1ccc([N+](=O)[O-])cc1NC(=O)C[C@@H](NCCO)C(=O)O. The number of carbonyl (C=O) groups excluding carboxylic acids is 1. The van der Waals surface area contributed by atoms with Gasteiger partial charge in [0.1, 0.15) is 11.8 Å². The number of anilines is 1. The van der Waals surface area contributed by atoms with E-state index in [4.69, 9.17) is 14.9 Å². The fourth-order valence-corrected chi connectivity index (χ4v) is 1.78. The van der Waals surface area contributed by atoms with Gasteiger partial charge in [-0.05, 0) is 6.07 Å². The van der Waals surface area contributed by atoms with Crippen LogP contribution in [0.3, 0.4) is 0 Å². The number of aliphatic hydroxyl groups is 1. The summed E-state index contributed by atoms with van der Waals surface area (Å²) < 4.78 is 5.00. The van der Waals surface area contributed by atoms with Gasteiger partial charge >= 0.3 is 5.97 Å². The van der Waals surface area contributed by atoms with Crippen LogP contribution in [0.1, 0.15) is 6.42 Å². The van der Waals surface area contributed by atoms with E-state index in [-0.39, 0.29) is 30.3 Å². The van der Waals surface area contributed by atoms with Crippen LogP contribution in [0.25, 0.3) is 0 Å². The number of nitrogens with one attached hydrogen (secondary N) is 2. The number of nitrogens with zero attached hydrogens (tertiary/aromatic N) is 1. The zero-order valence-electron chi connectivity index (χ0n) is 12.3. The number of nitro groups is 1. The molecular formula is C13H17N3O7. The lowest BCUT2D eigenvalue weighted by Gasteiger charge is -2.14. The molecule has 0 aliphatic carbocycles.